The molecule has 0 bridgehead atoms. The fourth-order valence-corrected chi connectivity index (χ4v) is 1.73. The summed E-state index contributed by atoms with van der Waals surface area (Å²) in [5.74, 6) is 0. The third-order valence-electron chi connectivity index (χ3n) is 1.50. The summed E-state index contributed by atoms with van der Waals surface area (Å²) in [7, 11) is 0. The topological polar surface area (TPSA) is 0 Å². The largest absolute Gasteiger partial charge is 0.0831 e. The van der Waals surface area contributed by atoms with Gasteiger partial charge in [0.25, 0.3) is 0 Å². The van der Waals surface area contributed by atoms with Crippen LogP contribution in [0.15, 0.2) is 16.6 Å². The minimum atomic E-state index is 0.659. The molecule has 0 amide bonds. The van der Waals surface area contributed by atoms with E-state index in [9.17, 15) is 0 Å². The first-order chi connectivity index (χ1) is 5.16. The molecule has 1 rings (SSSR count). The normalized spacial score (nSPS) is 10.2. The van der Waals surface area contributed by atoms with E-state index in [1.807, 2.05) is 12.1 Å². The van der Waals surface area contributed by atoms with Crippen molar-refractivity contribution in [3.05, 3.63) is 32.2 Å². The molecule has 0 saturated carbocycles. The number of hydrogen-bond acceptors (Lipinski definition) is 0. The van der Waals surface area contributed by atoms with Gasteiger partial charge in [-0.1, -0.05) is 36.2 Å². The second kappa shape index (κ2) is 3.79. The Hall–Kier alpha value is 0.280. The molecule has 0 heterocycles. The Morgan fingerprint density at radius 2 is 2.00 bits per heavy atom. The number of halogens is 3. The first-order valence-corrected chi connectivity index (χ1v) is 4.84. The van der Waals surface area contributed by atoms with E-state index in [1.54, 1.807) is 0 Å². The van der Waals surface area contributed by atoms with Gasteiger partial charge in [-0.15, -0.1) is 0 Å². The molecule has 0 spiro atoms. The van der Waals surface area contributed by atoms with Crippen molar-refractivity contribution in [2.24, 2.45) is 0 Å². The molecule has 0 atom stereocenters. The van der Waals surface area contributed by atoms with Crippen LogP contribution in [0, 0.1) is 0 Å². The van der Waals surface area contributed by atoms with Gasteiger partial charge in [0.15, 0.2) is 0 Å². The van der Waals surface area contributed by atoms with Gasteiger partial charge >= 0.3 is 0 Å². The summed E-state index contributed by atoms with van der Waals surface area (Å²) >= 11 is 15.1. The molecule has 0 saturated heterocycles. The summed E-state index contributed by atoms with van der Waals surface area (Å²) in [6.45, 7) is 2.06. The van der Waals surface area contributed by atoms with Gasteiger partial charge in [-0.05, 0) is 34.0 Å². The summed E-state index contributed by atoms with van der Waals surface area (Å²) in [6.07, 6.45) is 0.925. The Kier molecular flexibility index (Phi) is 3.23. The molecule has 11 heavy (non-hydrogen) atoms. The highest BCUT2D eigenvalue weighted by Crippen LogP contribution is 2.32. The summed E-state index contributed by atoms with van der Waals surface area (Å²) in [4.78, 5) is 0. The minimum Gasteiger partial charge on any atom is -0.0831 e. The van der Waals surface area contributed by atoms with Crippen LogP contribution in [0.25, 0.3) is 0 Å². The Balaban J connectivity index is 3.25. The van der Waals surface area contributed by atoms with Crippen LogP contribution in [-0.4, -0.2) is 0 Å². The van der Waals surface area contributed by atoms with E-state index in [4.69, 9.17) is 23.2 Å². The molecule has 3 heteroatoms. The number of hydrogen-bond donors (Lipinski definition) is 0. The van der Waals surface area contributed by atoms with E-state index in [0.717, 1.165) is 21.5 Å². The number of benzene rings is 1. The van der Waals surface area contributed by atoms with Crippen LogP contribution in [0.2, 0.25) is 10.0 Å². The molecule has 1 aromatic carbocycles. The highest BCUT2D eigenvalue weighted by atomic mass is 79.9. The molecule has 60 valence electrons. The summed E-state index contributed by atoms with van der Waals surface area (Å²) in [5.41, 5.74) is 1.11. The maximum Gasteiger partial charge on any atom is 0.0595 e. The molecule has 0 nitrogen and oxygen atoms in total. The molecular formula is C8H7BrCl2. The third-order valence-corrected chi connectivity index (χ3v) is 3.52. The van der Waals surface area contributed by atoms with E-state index in [1.165, 1.54) is 0 Å². The zero-order valence-electron chi connectivity index (χ0n) is 6.00. The lowest BCUT2D eigenvalue weighted by molar-refractivity contribution is 1.14. The molecule has 0 aliphatic heterocycles. The zero-order chi connectivity index (χ0) is 8.43. The number of rotatable bonds is 1. The van der Waals surface area contributed by atoms with Gasteiger partial charge < -0.3 is 0 Å². The predicted molar refractivity (Wildman–Crippen MR) is 53.5 cm³/mol. The van der Waals surface area contributed by atoms with Crippen molar-refractivity contribution >= 4 is 39.1 Å². The quantitative estimate of drug-likeness (QED) is 0.654. The van der Waals surface area contributed by atoms with Crippen molar-refractivity contribution in [3.63, 3.8) is 0 Å². The lowest BCUT2D eigenvalue weighted by atomic mass is 10.2. The fourth-order valence-electron chi connectivity index (χ4n) is 0.839. The van der Waals surface area contributed by atoms with E-state index in [0.29, 0.717) is 5.02 Å². The van der Waals surface area contributed by atoms with Gasteiger partial charge in [0, 0.05) is 0 Å². The summed E-state index contributed by atoms with van der Waals surface area (Å²) in [5, 5.41) is 1.38. The SMILES string of the molecule is CCc1ccc(Cl)c(Br)c1Cl. The van der Waals surface area contributed by atoms with Crippen LogP contribution in [0.1, 0.15) is 12.5 Å². The number of aryl methyl sites for hydroxylation is 1. The van der Waals surface area contributed by atoms with Gasteiger partial charge in [-0.2, -0.15) is 0 Å². The summed E-state index contributed by atoms with van der Waals surface area (Å²) < 4.78 is 0.792. The van der Waals surface area contributed by atoms with Gasteiger partial charge in [0.2, 0.25) is 0 Å². The van der Waals surface area contributed by atoms with Gasteiger partial charge in [-0.3, -0.25) is 0 Å². The van der Waals surface area contributed by atoms with Crippen LogP contribution >= 0.6 is 39.1 Å². The van der Waals surface area contributed by atoms with E-state index < -0.39 is 0 Å². The van der Waals surface area contributed by atoms with Gasteiger partial charge in [0.05, 0.1) is 14.5 Å². The first kappa shape index (κ1) is 9.37. The lowest BCUT2D eigenvalue weighted by Gasteiger charge is -2.03. The van der Waals surface area contributed by atoms with Crippen LogP contribution in [0.5, 0.6) is 0 Å². The first-order valence-electron chi connectivity index (χ1n) is 3.29. The summed E-state index contributed by atoms with van der Waals surface area (Å²) in [6, 6.07) is 3.78. The Morgan fingerprint density at radius 1 is 1.36 bits per heavy atom. The molecule has 0 N–H and O–H groups in total. The van der Waals surface area contributed by atoms with Crippen LogP contribution < -0.4 is 0 Å². The fraction of sp³-hybridized carbons (Fsp3) is 0.250. The van der Waals surface area contributed by atoms with Crippen molar-refractivity contribution in [2.75, 3.05) is 0 Å². The lowest BCUT2D eigenvalue weighted by Crippen LogP contribution is -1.83. The van der Waals surface area contributed by atoms with Crippen molar-refractivity contribution in [1.82, 2.24) is 0 Å². The van der Waals surface area contributed by atoms with Crippen molar-refractivity contribution in [1.29, 1.82) is 0 Å². The van der Waals surface area contributed by atoms with Gasteiger partial charge in [-0.25, -0.2) is 0 Å². The van der Waals surface area contributed by atoms with E-state index in [-0.39, 0.29) is 0 Å². The second-order valence-electron chi connectivity index (χ2n) is 2.19. The Bertz CT molecular complexity index is 271. The standard InChI is InChI=1S/C8H7BrCl2/c1-2-5-3-4-6(10)7(9)8(5)11/h3-4H,2H2,1H3. The second-order valence-corrected chi connectivity index (χ2v) is 3.77. The molecule has 1 aromatic rings. The van der Waals surface area contributed by atoms with Crippen LogP contribution in [0.4, 0.5) is 0 Å². The zero-order valence-corrected chi connectivity index (χ0v) is 9.09. The Morgan fingerprint density at radius 3 is 2.55 bits per heavy atom. The molecule has 0 aliphatic carbocycles. The predicted octanol–water partition coefficient (Wildman–Crippen LogP) is 4.32. The van der Waals surface area contributed by atoms with E-state index >= 15 is 0 Å². The highest BCUT2D eigenvalue weighted by molar-refractivity contribution is 9.10. The van der Waals surface area contributed by atoms with Crippen LogP contribution in [-0.2, 0) is 6.42 Å². The molecule has 0 radical (unpaired) electrons. The van der Waals surface area contributed by atoms with Crippen molar-refractivity contribution in [2.45, 2.75) is 13.3 Å². The van der Waals surface area contributed by atoms with Gasteiger partial charge in [0.1, 0.15) is 0 Å². The monoisotopic (exact) mass is 252 g/mol. The highest BCUT2D eigenvalue weighted by Gasteiger charge is 2.05. The average Bonchev–Trinajstić information content (AvgIpc) is 2.01. The molecule has 0 unspecified atom stereocenters. The van der Waals surface area contributed by atoms with Crippen molar-refractivity contribution in [3.8, 4) is 0 Å². The average molecular weight is 254 g/mol. The maximum absolute atomic E-state index is 5.97. The molecule has 0 aliphatic rings. The smallest absolute Gasteiger partial charge is 0.0595 e. The van der Waals surface area contributed by atoms with Crippen molar-refractivity contribution < 1.29 is 0 Å². The minimum absolute atomic E-state index is 0.659. The van der Waals surface area contributed by atoms with Crippen LogP contribution in [0.3, 0.4) is 0 Å². The third kappa shape index (κ3) is 1.90. The Labute approximate surface area is 84.6 Å². The molecule has 0 aromatic heterocycles. The van der Waals surface area contributed by atoms with E-state index in [2.05, 4.69) is 22.9 Å². The maximum atomic E-state index is 5.97. The molecule has 0 fully saturated rings. The molecular weight excluding hydrogens is 247 g/mol.